The van der Waals surface area contributed by atoms with Gasteiger partial charge in [0, 0.05) is 48.8 Å². The Bertz CT molecular complexity index is 1140. The molecule has 2 aromatic carbocycles. The maximum Gasteiger partial charge on any atom is 0.247 e. The van der Waals surface area contributed by atoms with E-state index < -0.39 is 0 Å². The van der Waals surface area contributed by atoms with Crippen LogP contribution in [0.15, 0.2) is 67.4 Å². The van der Waals surface area contributed by atoms with E-state index in [1.807, 2.05) is 30.3 Å². The summed E-state index contributed by atoms with van der Waals surface area (Å²) in [5.74, 6) is 0.169. The first-order valence-corrected chi connectivity index (χ1v) is 11.3. The highest BCUT2D eigenvalue weighted by Crippen LogP contribution is 2.29. The number of anilines is 4. The van der Waals surface area contributed by atoms with E-state index in [1.165, 1.54) is 11.8 Å². The molecule has 0 bridgehead atoms. The standard InChI is InChI=1S/C25H27ClN6O/c1-3-23(33)28-19-8-5-7-18(15-19)24-22(26)17-27-25(30-24)29-20-9-6-10-21(16-20)32-13-11-31(4-2)12-14-32/h3,5-10,15-17H,1,4,11-14H2,2H3,(H,28,33)(H,27,29,30). The molecule has 33 heavy (non-hydrogen) atoms. The Hall–Kier alpha value is -3.42. The van der Waals surface area contributed by atoms with E-state index in [0.29, 0.717) is 22.4 Å². The Morgan fingerprint density at radius 3 is 2.64 bits per heavy atom. The minimum Gasteiger partial charge on any atom is -0.369 e. The molecule has 1 aliphatic rings. The molecular weight excluding hydrogens is 436 g/mol. The Kier molecular flexibility index (Phi) is 7.22. The number of nitrogens with one attached hydrogen (secondary N) is 2. The predicted octanol–water partition coefficient (Wildman–Crippen LogP) is 4.81. The van der Waals surface area contributed by atoms with E-state index in [-0.39, 0.29) is 5.91 Å². The van der Waals surface area contributed by atoms with Crippen LogP contribution in [0.4, 0.5) is 23.0 Å². The number of likely N-dealkylation sites (N-methyl/N-ethyl adjacent to an activating group) is 1. The molecule has 1 saturated heterocycles. The Morgan fingerprint density at radius 2 is 1.88 bits per heavy atom. The van der Waals surface area contributed by atoms with Gasteiger partial charge >= 0.3 is 0 Å². The number of piperazine rings is 1. The number of carbonyl (C=O) groups is 1. The highest BCUT2D eigenvalue weighted by Gasteiger charge is 2.16. The topological polar surface area (TPSA) is 73.4 Å². The SMILES string of the molecule is C=CC(=O)Nc1cccc(-c2nc(Nc3cccc(N4CCN(CC)CC4)c3)ncc2Cl)c1. The van der Waals surface area contributed by atoms with E-state index in [2.05, 4.69) is 56.0 Å². The first kappa shape index (κ1) is 22.8. The monoisotopic (exact) mass is 462 g/mol. The molecule has 0 unspecified atom stereocenters. The summed E-state index contributed by atoms with van der Waals surface area (Å²) >= 11 is 6.40. The summed E-state index contributed by atoms with van der Waals surface area (Å²) in [5.41, 5.74) is 4.07. The van der Waals surface area contributed by atoms with Crippen molar-refractivity contribution in [3.8, 4) is 11.3 Å². The van der Waals surface area contributed by atoms with Gasteiger partial charge in [0.25, 0.3) is 0 Å². The summed E-state index contributed by atoms with van der Waals surface area (Å²) in [6, 6.07) is 15.6. The molecule has 0 aliphatic carbocycles. The first-order valence-electron chi connectivity index (χ1n) is 11.0. The van der Waals surface area contributed by atoms with E-state index in [0.717, 1.165) is 44.0 Å². The minimum atomic E-state index is -0.278. The lowest BCUT2D eigenvalue weighted by atomic mass is 10.1. The average molecular weight is 463 g/mol. The number of benzene rings is 2. The molecule has 2 heterocycles. The fourth-order valence-corrected chi connectivity index (χ4v) is 4.00. The van der Waals surface area contributed by atoms with Crippen LogP contribution in [0.1, 0.15) is 6.92 Å². The van der Waals surface area contributed by atoms with Crippen molar-refractivity contribution < 1.29 is 4.79 Å². The van der Waals surface area contributed by atoms with Crippen molar-refractivity contribution in [2.75, 3.05) is 48.3 Å². The van der Waals surface area contributed by atoms with Crippen molar-refractivity contribution in [2.24, 2.45) is 0 Å². The molecule has 0 saturated carbocycles. The molecule has 2 N–H and O–H groups in total. The lowest BCUT2D eigenvalue weighted by molar-refractivity contribution is -0.111. The van der Waals surface area contributed by atoms with Gasteiger partial charge in [-0.05, 0) is 43.0 Å². The number of hydrogen-bond acceptors (Lipinski definition) is 6. The van der Waals surface area contributed by atoms with Gasteiger partial charge in [0.2, 0.25) is 11.9 Å². The molecule has 0 atom stereocenters. The van der Waals surface area contributed by atoms with Gasteiger partial charge in [-0.2, -0.15) is 0 Å². The second-order valence-electron chi connectivity index (χ2n) is 7.76. The average Bonchev–Trinajstić information content (AvgIpc) is 2.85. The van der Waals surface area contributed by atoms with Gasteiger partial charge in [-0.1, -0.05) is 43.3 Å². The number of carbonyl (C=O) groups excluding carboxylic acids is 1. The quantitative estimate of drug-likeness (QED) is 0.491. The van der Waals surface area contributed by atoms with Crippen LogP contribution in [-0.2, 0) is 4.79 Å². The maximum atomic E-state index is 11.6. The summed E-state index contributed by atoms with van der Waals surface area (Å²) < 4.78 is 0. The zero-order valence-electron chi connectivity index (χ0n) is 18.6. The van der Waals surface area contributed by atoms with Crippen molar-refractivity contribution in [3.63, 3.8) is 0 Å². The number of hydrogen-bond donors (Lipinski definition) is 2. The van der Waals surface area contributed by atoms with Gasteiger partial charge in [0.1, 0.15) is 0 Å². The fourth-order valence-electron chi connectivity index (χ4n) is 3.80. The highest BCUT2D eigenvalue weighted by atomic mass is 35.5. The normalized spacial score (nSPS) is 14.1. The minimum absolute atomic E-state index is 0.278. The van der Waals surface area contributed by atoms with Gasteiger partial charge in [0.05, 0.1) is 16.9 Å². The molecule has 1 amide bonds. The van der Waals surface area contributed by atoms with Gasteiger partial charge in [-0.25, -0.2) is 9.97 Å². The van der Waals surface area contributed by atoms with E-state index in [1.54, 1.807) is 12.3 Å². The van der Waals surface area contributed by atoms with Crippen LogP contribution in [0.3, 0.4) is 0 Å². The van der Waals surface area contributed by atoms with E-state index in [4.69, 9.17) is 11.6 Å². The highest BCUT2D eigenvalue weighted by molar-refractivity contribution is 6.33. The lowest BCUT2D eigenvalue weighted by Gasteiger charge is -2.35. The molecule has 3 aromatic rings. The van der Waals surface area contributed by atoms with Crippen molar-refractivity contribution in [1.82, 2.24) is 14.9 Å². The van der Waals surface area contributed by atoms with Crippen molar-refractivity contribution in [2.45, 2.75) is 6.92 Å². The molecule has 0 radical (unpaired) electrons. The van der Waals surface area contributed by atoms with Crippen LogP contribution >= 0.6 is 11.6 Å². The smallest absolute Gasteiger partial charge is 0.247 e. The number of nitrogens with zero attached hydrogens (tertiary/aromatic N) is 4. The summed E-state index contributed by atoms with van der Waals surface area (Å²) in [7, 11) is 0. The largest absolute Gasteiger partial charge is 0.369 e. The molecule has 4 rings (SSSR count). The van der Waals surface area contributed by atoms with E-state index in [9.17, 15) is 4.79 Å². The molecule has 1 fully saturated rings. The van der Waals surface area contributed by atoms with Crippen LogP contribution in [0.2, 0.25) is 5.02 Å². The molecule has 8 heteroatoms. The van der Waals surface area contributed by atoms with E-state index >= 15 is 0 Å². The molecular formula is C25H27ClN6O. The molecule has 1 aliphatic heterocycles. The lowest BCUT2D eigenvalue weighted by Crippen LogP contribution is -2.46. The van der Waals surface area contributed by atoms with Crippen LogP contribution in [0.25, 0.3) is 11.3 Å². The van der Waals surface area contributed by atoms with Gasteiger partial charge in [-0.3, -0.25) is 4.79 Å². The Morgan fingerprint density at radius 1 is 1.12 bits per heavy atom. The Balaban J connectivity index is 1.53. The van der Waals surface area contributed by atoms with Crippen molar-refractivity contribution >= 4 is 40.5 Å². The van der Waals surface area contributed by atoms with Gasteiger partial charge in [0.15, 0.2) is 0 Å². The van der Waals surface area contributed by atoms with Crippen LogP contribution in [-0.4, -0.2) is 53.5 Å². The molecule has 1 aromatic heterocycles. The van der Waals surface area contributed by atoms with Crippen LogP contribution < -0.4 is 15.5 Å². The number of amides is 1. The van der Waals surface area contributed by atoms with Gasteiger partial charge < -0.3 is 20.4 Å². The summed E-state index contributed by atoms with van der Waals surface area (Å²) in [4.78, 5) is 25.5. The predicted molar refractivity (Wildman–Crippen MR) is 135 cm³/mol. The second kappa shape index (κ2) is 10.5. The van der Waals surface area contributed by atoms with Crippen molar-refractivity contribution in [1.29, 1.82) is 0 Å². The first-order chi connectivity index (χ1) is 16.1. The summed E-state index contributed by atoms with van der Waals surface area (Å²) in [5, 5.41) is 6.47. The summed E-state index contributed by atoms with van der Waals surface area (Å²) in [6.45, 7) is 10.9. The van der Waals surface area contributed by atoms with Crippen molar-refractivity contribution in [3.05, 3.63) is 72.4 Å². The third-order valence-electron chi connectivity index (χ3n) is 5.62. The van der Waals surface area contributed by atoms with Gasteiger partial charge in [-0.15, -0.1) is 0 Å². The summed E-state index contributed by atoms with van der Waals surface area (Å²) in [6.07, 6.45) is 2.80. The van der Waals surface area contributed by atoms with Crippen LogP contribution in [0.5, 0.6) is 0 Å². The third-order valence-corrected chi connectivity index (χ3v) is 5.90. The number of halogens is 1. The number of aromatic nitrogens is 2. The third kappa shape index (κ3) is 5.69. The maximum absolute atomic E-state index is 11.6. The molecule has 0 spiro atoms. The zero-order chi connectivity index (χ0) is 23.2. The fraction of sp³-hybridized carbons (Fsp3) is 0.240. The second-order valence-corrected chi connectivity index (χ2v) is 8.17. The number of rotatable bonds is 7. The van der Waals surface area contributed by atoms with Crippen LogP contribution in [0, 0.1) is 0 Å². The Labute approximate surface area is 199 Å². The molecule has 7 nitrogen and oxygen atoms in total. The zero-order valence-corrected chi connectivity index (χ0v) is 19.3. The molecule has 170 valence electrons.